The first-order valence-corrected chi connectivity index (χ1v) is 11.8. The predicted molar refractivity (Wildman–Crippen MR) is 130 cm³/mol. The van der Waals surface area contributed by atoms with Gasteiger partial charge in [-0.3, -0.25) is 9.48 Å². The van der Waals surface area contributed by atoms with Gasteiger partial charge in [-0.2, -0.15) is 4.68 Å². The van der Waals surface area contributed by atoms with Crippen LogP contribution in [0.15, 0.2) is 73.8 Å². The summed E-state index contributed by atoms with van der Waals surface area (Å²) in [6.45, 7) is 3.91. The van der Waals surface area contributed by atoms with E-state index in [4.69, 9.17) is 4.42 Å². The van der Waals surface area contributed by atoms with Gasteiger partial charge in [0, 0.05) is 24.3 Å². The van der Waals surface area contributed by atoms with Gasteiger partial charge in [0.25, 0.3) is 5.56 Å². The summed E-state index contributed by atoms with van der Waals surface area (Å²) in [5.41, 5.74) is 3.70. The highest BCUT2D eigenvalue weighted by Gasteiger charge is 2.22. The van der Waals surface area contributed by atoms with E-state index < -0.39 is 5.63 Å². The molecule has 2 aromatic carbocycles. The maximum Gasteiger partial charge on any atom is 0.336 e. The van der Waals surface area contributed by atoms with E-state index in [9.17, 15) is 9.59 Å². The largest absolute Gasteiger partial charge is 0.423 e. The van der Waals surface area contributed by atoms with Crippen LogP contribution in [0.25, 0.3) is 22.3 Å². The van der Waals surface area contributed by atoms with Gasteiger partial charge >= 0.3 is 5.63 Å². The van der Waals surface area contributed by atoms with Crippen LogP contribution in [0.5, 0.6) is 0 Å². The third-order valence-corrected chi connectivity index (χ3v) is 6.80. The Bertz CT molecular complexity index is 1610. The second-order valence-electron chi connectivity index (χ2n) is 7.85. The molecule has 0 fully saturated rings. The van der Waals surface area contributed by atoms with Crippen LogP contribution in [-0.4, -0.2) is 29.6 Å². The molecule has 0 unspecified atom stereocenters. The van der Waals surface area contributed by atoms with Crippen LogP contribution in [0, 0.1) is 6.92 Å². The molecule has 10 heteroatoms. The first-order valence-electron chi connectivity index (χ1n) is 10.8. The van der Waals surface area contributed by atoms with Crippen molar-refractivity contribution in [3.8, 4) is 11.4 Å². The Morgan fingerprint density at radius 1 is 1.06 bits per heavy atom. The Balaban J connectivity index is 1.52. The van der Waals surface area contributed by atoms with E-state index in [-0.39, 0.29) is 5.56 Å². The second kappa shape index (κ2) is 8.79. The summed E-state index contributed by atoms with van der Waals surface area (Å²) >= 11 is 1.35. The Morgan fingerprint density at radius 3 is 2.62 bits per heavy atom. The maximum absolute atomic E-state index is 13.4. The molecule has 0 aliphatic carbocycles. The fourth-order valence-electron chi connectivity index (χ4n) is 3.96. The van der Waals surface area contributed by atoms with Crippen molar-refractivity contribution in [2.24, 2.45) is 7.05 Å². The molecule has 0 saturated carbocycles. The summed E-state index contributed by atoms with van der Waals surface area (Å²) in [6.07, 6.45) is 0.852. The van der Waals surface area contributed by atoms with Crippen molar-refractivity contribution < 1.29 is 4.42 Å². The summed E-state index contributed by atoms with van der Waals surface area (Å²) in [4.78, 5) is 25.5. The molecule has 0 atom stereocenters. The van der Waals surface area contributed by atoms with Crippen LogP contribution in [-0.2, 0) is 19.2 Å². The highest BCUT2D eigenvalue weighted by molar-refractivity contribution is 7.98. The molecule has 3 aromatic heterocycles. The number of para-hydroxylation sites is 1. The van der Waals surface area contributed by atoms with Crippen molar-refractivity contribution in [3.05, 3.63) is 92.2 Å². The molecule has 0 aliphatic heterocycles. The third kappa shape index (κ3) is 3.75. The predicted octanol–water partition coefficient (Wildman–Crippen LogP) is 3.42. The minimum Gasteiger partial charge on any atom is -0.423 e. The lowest BCUT2D eigenvalue weighted by Gasteiger charge is -2.07. The SMILES string of the molecule is CCc1ccc2c(CSc3nnnn3-c3c(C)n(C)n(-c4ccccc4)c3=O)cc(=O)oc2c1. The number of benzene rings is 2. The third-order valence-electron chi connectivity index (χ3n) is 5.84. The fourth-order valence-corrected chi connectivity index (χ4v) is 4.83. The molecule has 0 N–H and O–H groups in total. The van der Waals surface area contributed by atoms with Gasteiger partial charge in [-0.1, -0.05) is 49.0 Å². The van der Waals surface area contributed by atoms with Gasteiger partial charge in [-0.25, -0.2) is 9.48 Å². The zero-order valence-electron chi connectivity index (χ0n) is 18.9. The number of nitrogens with zero attached hydrogens (tertiary/aromatic N) is 6. The molecule has 9 nitrogen and oxygen atoms in total. The van der Waals surface area contributed by atoms with E-state index in [1.54, 1.807) is 9.36 Å². The molecule has 172 valence electrons. The number of aromatic nitrogens is 6. The summed E-state index contributed by atoms with van der Waals surface area (Å²) in [7, 11) is 1.82. The van der Waals surface area contributed by atoms with Crippen molar-refractivity contribution in [3.63, 3.8) is 0 Å². The van der Waals surface area contributed by atoms with Crippen LogP contribution in [0.4, 0.5) is 0 Å². The molecule has 0 aliphatic rings. The average Bonchev–Trinajstić information content (AvgIpc) is 3.38. The quantitative estimate of drug-likeness (QED) is 0.275. The van der Waals surface area contributed by atoms with E-state index in [0.29, 0.717) is 22.2 Å². The zero-order valence-corrected chi connectivity index (χ0v) is 19.7. The summed E-state index contributed by atoms with van der Waals surface area (Å²) < 4.78 is 10.2. The topological polar surface area (TPSA) is 101 Å². The van der Waals surface area contributed by atoms with E-state index in [0.717, 1.165) is 34.3 Å². The lowest BCUT2D eigenvalue weighted by Crippen LogP contribution is -2.22. The maximum atomic E-state index is 13.4. The van der Waals surface area contributed by atoms with Crippen LogP contribution < -0.4 is 11.2 Å². The molecule has 0 spiro atoms. The van der Waals surface area contributed by atoms with Gasteiger partial charge in [0.1, 0.15) is 5.58 Å². The van der Waals surface area contributed by atoms with E-state index in [1.807, 2.05) is 62.5 Å². The summed E-state index contributed by atoms with van der Waals surface area (Å²) in [5.74, 6) is 0.437. The van der Waals surface area contributed by atoms with Crippen LogP contribution >= 0.6 is 11.8 Å². The average molecular weight is 475 g/mol. The molecule has 5 aromatic rings. The number of rotatable bonds is 6. The Morgan fingerprint density at radius 2 is 1.85 bits per heavy atom. The van der Waals surface area contributed by atoms with Crippen molar-refractivity contribution in [2.45, 2.75) is 31.2 Å². The minimum absolute atomic E-state index is 0.224. The van der Waals surface area contributed by atoms with Crippen molar-refractivity contribution >= 4 is 22.7 Å². The Labute approximate surface area is 198 Å². The highest BCUT2D eigenvalue weighted by atomic mass is 32.2. The number of hydrogen-bond donors (Lipinski definition) is 0. The van der Waals surface area contributed by atoms with Crippen LogP contribution in [0.1, 0.15) is 23.7 Å². The monoisotopic (exact) mass is 474 g/mol. The lowest BCUT2D eigenvalue weighted by atomic mass is 10.1. The number of thioether (sulfide) groups is 1. The molecule has 3 heterocycles. The minimum atomic E-state index is -0.402. The number of fused-ring (bicyclic) bond motifs is 1. The molecule has 34 heavy (non-hydrogen) atoms. The van der Waals surface area contributed by atoms with Gasteiger partial charge in [0.2, 0.25) is 5.16 Å². The molecule has 0 saturated heterocycles. The Hall–Kier alpha value is -3.92. The second-order valence-corrected chi connectivity index (χ2v) is 8.79. The lowest BCUT2D eigenvalue weighted by molar-refractivity contribution is 0.559. The first kappa shape index (κ1) is 21.9. The first-order chi connectivity index (χ1) is 16.5. The molecule has 0 radical (unpaired) electrons. The van der Waals surface area contributed by atoms with Crippen molar-refractivity contribution in [1.29, 1.82) is 0 Å². The van der Waals surface area contributed by atoms with Gasteiger partial charge < -0.3 is 4.42 Å². The number of hydrogen-bond acceptors (Lipinski definition) is 7. The fraction of sp³-hybridized carbons (Fsp3) is 0.208. The highest BCUT2D eigenvalue weighted by Crippen LogP contribution is 2.27. The van der Waals surface area contributed by atoms with Crippen LogP contribution in [0.3, 0.4) is 0 Å². The van der Waals surface area contributed by atoms with Crippen molar-refractivity contribution in [1.82, 2.24) is 29.6 Å². The Kier molecular flexibility index (Phi) is 5.66. The molecule has 5 rings (SSSR count). The standard InChI is InChI=1S/C24H22N6O3S/c1-4-16-10-11-19-17(13-21(31)33-20(19)12-16)14-34-24-25-26-27-29(24)22-15(2)28(3)30(23(22)32)18-8-6-5-7-9-18/h5-13H,4,14H2,1-3H3. The van der Waals surface area contributed by atoms with E-state index >= 15 is 0 Å². The van der Waals surface area contributed by atoms with Crippen LogP contribution in [0.2, 0.25) is 0 Å². The van der Waals surface area contributed by atoms with Gasteiger partial charge in [0.15, 0.2) is 5.69 Å². The molecule has 0 bridgehead atoms. The van der Waals surface area contributed by atoms with Crippen molar-refractivity contribution in [2.75, 3.05) is 0 Å². The molecular formula is C24H22N6O3S. The van der Waals surface area contributed by atoms with E-state index in [1.165, 1.54) is 22.5 Å². The normalized spacial score (nSPS) is 11.4. The summed E-state index contributed by atoms with van der Waals surface area (Å²) in [5, 5.41) is 13.4. The smallest absolute Gasteiger partial charge is 0.336 e. The van der Waals surface area contributed by atoms with Gasteiger partial charge in [-0.15, -0.1) is 5.10 Å². The molecule has 0 amide bonds. The number of aryl methyl sites for hydroxylation is 1. The number of tetrazole rings is 1. The van der Waals surface area contributed by atoms with E-state index in [2.05, 4.69) is 22.4 Å². The van der Waals surface area contributed by atoms with Gasteiger partial charge in [-0.05, 0) is 53.1 Å². The summed E-state index contributed by atoms with van der Waals surface area (Å²) in [6, 6.07) is 16.8. The zero-order chi connectivity index (χ0) is 23.8. The molecular weight excluding hydrogens is 452 g/mol. The van der Waals surface area contributed by atoms with Gasteiger partial charge in [0.05, 0.1) is 11.4 Å².